The first-order valence-corrected chi connectivity index (χ1v) is 7.74. The van der Waals surface area contributed by atoms with Gasteiger partial charge < -0.3 is 5.32 Å². The lowest BCUT2D eigenvalue weighted by Crippen LogP contribution is -2.18. The van der Waals surface area contributed by atoms with E-state index in [1.54, 1.807) is 6.07 Å². The predicted molar refractivity (Wildman–Crippen MR) is 86.0 cm³/mol. The number of rotatable bonds is 3. The molecule has 1 unspecified atom stereocenters. The molecular formula is C19H22FN. The fourth-order valence-electron chi connectivity index (χ4n) is 3.60. The molecule has 0 aromatic heterocycles. The van der Waals surface area contributed by atoms with Crippen LogP contribution in [0.5, 0.6) is 0 Å². The van der Waals surface area contributed by atoms with Crippen LogP contribution in [0.1, 0.15) is 41.6 Å². The molecule has 110 valence electrons. The van der Waals surface area contributed by atoms with Crippen LogP contribution in [0, 0.1) is 19.7 Å². The number of halogens is 1. The second-order valence-electron chi connectivity index (χ2n) is 5.96. The molecule has 1 aliphatic carbocycles. The molecule has 0 radical (unpaired) electrons. The van der Waals surface area contributed by atoms with Crippen molar-refractivity contribution in [3.63, 3.8) is 0 Å². The highest BCUT2D eigenvalue weighted by atomic mass is 19.1. The number of hydrogen-bond donors (Lipinski definition) is 1. The van der Waals surface area contributed by atoms with Gasteiger partial charge in [0, 0.05) is 11.6 Å². The fourth-order valence-corrected chi connectivity index (χ4v) is 3.60. The molecule has 2 aromatic rings. The summed E-state index contributed by atoms with van der Waals surface area (Å²) in [5.74, 6) is -0.104. The first-order chi connectivity index (χ1) is 10.1. The van der Waals surface area contributed by atoms with E-state index in [0.717, 1.165) is 41.6 Å². The van der Waals surface area contributed by atoms with Gasteiger partial charge in [-0.1, -0.05) is 31.2 Å². The molecule has 0 saturated heterocycles. The molecule has 1 nitrogen and oxygen atoms in total. The Bertz CT molecular complexity index is 652. The summed E-state index contributed by atoms with van der Waals surface area (Å²) in [5, 5.41) is 3.52. The number of nitrogens with one attached hydrogen (secondary N) is 1. The average Bonchev–Trinajstić information content (AvgIpc) is 2.82. The summed E-state index contributed by atoms with van der Waals surface area (Å²) in [6, 6.07) is 10.4. The minimum atomic E-state index is -0.104. The van der Waals surface area contributed by atoms with Gasteiger partial charge in [-0.2, -0.15) is 0 Å². The maximum atomic E-state index is 14.5. The van der Waals surface area contributed by atoms with Crippen molar-refractivity contribution in [1.29, 1.82) is 0 Å². The highest BCUT2D eigenvalue weighted by molar-refractivity contribution is 5.73. The van der Waals surface area contributed by atoms with Crippen LogP contribution in [-0.2, 0) is 6.42 Å². The summed E-state index contributed by atoms with van der Waals surface area (Å²) in [4.78, 5) is 0. The maximum Gasteiger partial charge on any atom is 0.131 e. The van der Waals surface area contributed by atoms with Gasteiger partial charge in [-0.05, 0) is 67.1 Å². The Hall–Kier alpha value is -1.67. The van der Waals surface area contributed by atoms with Crippen LogP contribution in [0.25, 0.3) is 11.1 Å². The summed E-state index contributed by atoms with van der Waals surface area (Å²) in [5.41, 5.74) is 6.50. The van der Waals surface area contributed by atoms with E-state index in [-0.39, 0.29) is 5.82 Å². The van der Waals surface area contributed by atoms with Gasteiger partial charge >= 0.3 is 0 Å². The van der Waals surface area contributed by atoms with Crippen LogP contribution in [0.4, 0.5) is 4.39 Å². The second-order valence-corrected chi connectivity index (χ2v) is 5.96. The zero-order valence-corrected chi connectivity index (χ0v) is 13.0. The van der Waals surface area contributed by atoms with Gasteiger partial charge in [0.25, 0.3) is 0 Å². The van der Waals surface area contributed by atoms with Gasteiger partial charge in [0.05, 0.1) is 0 Å². The highest BCUT2D eigenvalue weighted by Gasteiger charge is 2.25. The molecule has 1 N–H and O–H groups in total. The zero-order chi connectivity index (χ0) is 15.0. The van der Waals surface area contributed by atoms with Gasteiger partial charge in [-0.15, -0.1) is 0 Å². The van der Waals surface area contributed by atoms with Crippen LogP contribution in [0.3, 0.4) is 0 Å². The summed E-state index contributed by atoms with van der Waals surface area (Å²) >= 11 is 0. The van der Waals surface area contributed by atoms with Crippen molar-refractivity contribution in [2.24, 2.45) is 0 Å². The molecule has 0 heterocycles. The molecule has 0 amide bonds. The largest absolute Gasteiger partial charge is 0.310 e. The topological polar surface area (TPSA) is 12.0 Å². The lowest BCUT2D eigenvalue weighted by atomic mass is 9.92. The van der Waals surface area contributed by atoms with E-state index in [2.05, 4.69) is 36.5 Å². The Morgan fingerprint density at radius 1 is 1.24 bits per heavy atom. The van der Waals surface area contributed by atoms with E-state index in [9.17, 15) is 4.39 Å². The molecule has 1 atom stereocenters. The van der Waals surface area contributed by atoms with Gasteiger partial charge in [-0.3, -0.25) is 0 Å². The lowest BCUT2D eigenvalue weighted by Gasteiger charge is -2.15. The Morgan fingerprint density at radius 3 is 2.76 bits per heavy atom. The highest BCUT2D eigenvalue weighted by Crippen LogP contribution is 2.39. The minimum absolute atomic E-state index is 0.104. The smallest absolute Gasteiger partial charge is 0.131 e. The monoisotopic (exact) mass is 283 g/mol. The molecule has 0 aliphatic heterocycles. The third kappa shape index (κ3) is 2.49. The number of aryl methyl sites for hydroxylation is 2. The molecule has 2 aromatic carbocycles. The molecule has 2 heteroatoms. The Morgan fingerprint density at radius 2 is 2.05 bits per heavy atom. The molecule has 0 spiro atoms. The molecule has 0 saturated carbocycles. The van der Waals surface area contributed by atoms with Gasteiger partial charge in [0.15, 0.2) is 0 Å². The molecule has 3 rings (SSSR count). The Balaban J connectivity index is 2.14. The minimum Gasteiger partial charge on any atom is -0.310 e. The molecule has 1 aliphatic rings. The predicted octanol–water partition coefficient (Wildman–Crippen LogP) is 4.71. The van der Waals surface area contributed by atoms with Crippen molar-refractivity contribution >= 4 is 0 Å². The summed E-state index contributed by atoms with van der Waals surface area (Å²) in [6.07, 6.45) is 2.13. The van der Waals surface area contributed by atoms with Crippen LogP contribution in [-0.4, -0.2) is 6.54 Å². The van der Waals surface area contributed by atoms with E-state index in [4.69, 9.17) is 0 Å². The zero-order valence-electron chi connectivity index (χ0n) is 13.0. The standard InChI is InChI=1S/C19H22FN/c1-4-21-18-9-8-14-15(18)6-5-7-16(14)19-13(3)10-12(2)11-17(19)20/h5-7,10-11,18,21H,4,8-9H2,1-3H3. The van der Waals surface area contributed by atoms with E-state index >= 15 is 0 Å². The first kappa shape index (κ1) is 14.3. The molecule has 0 fully saturated rings. The Kier molecular flexibility index (Phi) is 3.81. The van der Waals surface area contributed by atoms with Crippen molar-refractivity contribution in [3.05, 3.63) is 58.4 Å². The summed E-state index contributed by atoms with van der Waals surface area (Å²) < 4.78 is 14.5. The van der Waals surface area contributed by atoms with Crippen molar-refractivity contribution < 1.29 is 4.39 Å². The van der Waals surface area contributed by atoms with Gasteiger partial charge in [-0.25, -0.2) is 4.39 Å². The summed E-state index contributed by atoms with van der Waals surface area (Å²) in [6.45, 7) is 7.04. The first-order valence-electron chi connectivity index (χ1n) is 7.74. The van der Waals surface area contributed by atoms with E-state index in [1.165, 1.54) is 11.1 Å². The summed E-state index contributed by atoms with van der Waals surface area (Å²) in [7, 11) is 0. The second kappa shape index (κ2) is 5.61. The maximum absolute atomic E-state index is 14.5. The van der Waals surface area contributed by atoms with Crippen molar-refractivity contribution in [3.8, 4) is 11.1 Å². The molecule has 0 bridgehead atoms. The van der Waals surface area contributed by atoms with Crippen LogP contribution in [0.15, 0.2) is 30.3 Å². The lowest BCUT2D eigenvalue weighted by molar-refractivity contribution is 0.549. The fraction of sp³-hybridized carbons (Fsp3) is 0.368. The quantitative estimate of drug-likeness (QED) is 0.860. The average molecular weight is 283 g/mol. The molecular weight excluding hydrogens is 261 g/mol. The van der Waals surface area contributed by atoms with Crippen LogP contribution >= 0.6 is 0 Å². The third-order valence-electron chi connectivity index (χ3n) is 4.42. The number of hydrogen-bond acceptors (Lipinski definition) is 1. The van der Waals surface area contributed by atoms with Gasteiger partial charge in [0.2, 0.25) is 0 Å². The normalized spacial score (nSPS) is 17.0. The Labute approximate surface area is 126 Å². The van der Waals surface area contributed by atoms with Gasteiger partial charge in [0.1, 0.15) is 5.82 Å². The van der Waals surface area contributed by atoms with Crippen molar-refractivity contribution in [2.75, 3.05) is 6.54 Å². The van der Waals surface area contributed by atoms with E-state index in [1.807, 2.05) is 13.8 Å². The number of benzene rings is 2. The van der Waals surface area contributed by atoms with E-state index in [0.29, 0.717) is 6.04 Å². The van der Waals surface area contributed by atoms with Crippen LogP contribution in [0.2, 0.25) is 0 Å². The van der Waals surface area contributed by atoms with Crippen molar-refractivity contribution in [2.45, 2.75) is 39.7 Å². The van der Waals surface area contributed by atoms with E-state index < -0.39 is 0 Å². The van der Waals surface area contributed by atoms with Crippen LogP contribution < -0.4 is 5.32 Å². The number of fused-ring (bicyclic) bond motifs is 1. The SMILES string of the molecule is CCNC1CCc2c(-c3c(C)cc(C)cc3F)cccc21. The van der Waals surface area contributed by atoms with Crippen molar-refractivity contribution in [1.82, 2.24) is 5.32 Å². The molecule has 21 heavy (non-hydrogen) atoms. The third-order valence-corrected chi connectivity index (χ3v) is 4.42.